The molecule has 0 spiro atoms. The first-order chi connectivity index (χ1) is 10.6. The summed E-state index contributed by atoms with van der Waals surface area (Å²) in [6.07, 6.45) is 1.79. The molecule has 4 nitrogen and oxygen atoms in total. The van der Waals surface area contributed by atoms with Gasteiger partial charge in [-0.3, -0.25) is 4.68 Å². The van der Waals surface area contributed by atoms with Gasteiger partial charge in [0.1, 0.15) is 18.2 Å². The van der Waals surface area contributed by atoms with Crippen LogP contribution in [0.25, 0.3) is 11.1 Å². The van der Waals surface area contributed by atoms with E-state index in [-0.39, 0.29) is 0 Å². The first-order valence-electron chi connectivity index (χ1n) is 7.20. The lowest BCUT2D eigenvalue weighted by Gasteiger charge is -2.11. The standard InChI is InChI=1S/C18H19N3O/c1-13-10-15(16-11-20-21(2)18(16)19)8-9-17(13)22-12-14-6-4-3-5-7-14/h3-11H,12,19H2,1-2H3. The summed E-state index contributed by atoms with van der Waals surface area (Å²) >= 11 is 0. The van der Waals surface area contributed by atoms with Gasteiger partial charge in [-0.05, 0) is 35.7 Å². The van der Waals surface area contributed by atoms with E-state index in [9.17, 15) is 0 Å². The van der Waals surface area contributed by atoms with E-state index < -0.39 is 0 Å². The topological polar surface area (TPSA) is 53.1 Å². The van der Waals surface area contributed by atoms with Gasteiger partial charge in [-0.2, -0.15) is 5.10 Å². The molecule has 0 aliphatic carbocycles. The minimum atomic E-state index is 0.566. The van der Waals surface area contributed by atoms with Crippen LogP contribution in [-0.4, -0.2) is 9.78 Å². The molecule has 0 bridgehead atoms. The molecule has 4 heteroatoms. The molecule has 0 radical (unpaired) electrons. The average Bonchev–Trinajstić information content (AvgIpc) is 2.87. The third kappa shape index (κ3) is 2.81. The maximum Gasteiger partial charge on any atom is 0.129 e. The maximum absolute atomic E-state index is 6.03. The minimum absolute atomic E-state index is 0.566. The highest BCUT2D eigenvalue weighted by molar-refractivity contribution is 5.74. The first-order valence-corrected chi connectivity index (χ1v) is 7.20. The average molecular weight is 293 g/mol. The van der Waals surface area contributed by atoms with Crippen molar-refractivity contribution in [3.05, 3.63) is 65.9 Å². The summed E-state index contributed by atoms with van der Waals surface area (Å²) < 4.78 is 7.57. The lowest BCUT2D eigenvalue weighted by atomic mass is 10.1. The second-order valence-corrected chi connectivity index (χ2v) is 5.32. The van der Waals surface area contributed by atoms with Gasteiger partial charge < -0.3 is 10.5 Å². The number of hydrogen-bond acceptors (Lipinski definition) is 3. The smallest absolute Gasteiger partial charge is 0.129 e. The number of aromatic nitrogens is 2. The van der Waals surface area contributed by atoms with Crippen molar-refractivity contribution in [1.82, 2.24) is 9.78 Å². The van der Waals surface area contributed by atoms with E-state index in [0.717, 1.165) is 28.0 Å². The lowest BCUT2D eigenvalue weighted by Crippen LogP contribution is -1.99. The van der Waals surface area contributed by atoms with Crippen LogP contribution in [0.5, 0.6) is 5.75 Å². The Balaban J connectivity index is 1.79. The van der Waals surface area contributed by atoms with Gasteiger partial charge in [-0.15, -0.1) is 0 Å². The summed E-state index contributed by atoms with van der Waals surface area (Å²) in [5, 5.41) is 4.18. The van der Waals surface area contributed by atoms with Crippen LogP contribution in [0, 0.1) is 6.92 Å². The van der Waals surface area contributed by atoms with Crippen molar-refractivity contribution in [3.63, 3.8) is 0 Å². The zero-order valence-electron chi connectivity index (χ0n) is 12.8. The molecule has 1 heterocycles. The molecule has 112 valence electrons. The van der Waals surface area contributed by atoms with Crippen LogP contribution >= 0.6 is 0 Å². The molecule has 3 aromatic rings. The highest BCUT2D eigenvalue weighted by atomic mass is 16.5. The summed E-state index contributed by atoms with van der Waals surface area (Å²) in [5.74, 6) is 1.55. The van der Waals surface area contributed by atoms with Crippen molar-refractivity contribution in [2.45, 2.75) is 13.5 Å². The van der Waals surface area contributed by atoms with Crippen LogP contribution in [0.3, 0.4) is 0 Å². The predicted molar refractivity (Wildman–Crippen MR) is 88.6 cm³/mol. The summed E-state index contributed by atoms with van der Waals surface area (Å²) in [6.45, 7) is 2.60. The zero-order chi connectivity index (χ0) is 15.5. The molecule has 0 saturated heterocycles. The SMILES string of the molecule is Cc1cc(-c2cnn(C)c2N)ccc1OCc1ccccc1. The summed E-state index contributed by atoms with van der Waals surface area (Å²) in [7, 11) is 1.84. The Morgan fingerprint density at radius 2 is 1.91 bits per heavy atom. The quantitative estimate of drug-likeness (QED) is 0.800. The number of hydrogen-bond donors (Lipinski definition) is 1. The Bertz CT molecular complexity index is 778. The minimum Gasteiger partial charge on any atom is -0.489 e. The third-order valence-electron chi connectivity index (χ3n) is 3.71. The normalized spacial score (nSPS) is 10.6. The van der Waals surface area contributed by atoms with Crippen LogP contribution in [0.15, 0.2) is 54.7 Å². The second-order valence-electron chi connectivity index (χ2n) is 5.32. The highest BCUT2D eigenvalue weighted by Crippen LogP contribution is 2.29. The first kappa shape index (κ1) is 14.2. The summed E-state index contributed by atoms with van der Waals surface area (Å²) in [4.78, 5) is 0. The Morgan fingerprint density at radius 3 is 2.55 bits per heavy atom. The van der Waals surface area contributed by atoms with Gasteiger partial charge in [0.25, 0.3) is 0 Å². The molecule has 0 aliphatic heterocycles. The molecular formula is C18H19N3O. The summed E-state index contributed by atoms with van der Waals surface area (Å²) in [6, 6.07) is 16.2. The molecule has 1 aromatic heterocycles. The number of anilines is 1. The Morgan fingerprint density at radius 1 is 1.14 bits per heavy atom. The van der Waals surface area contributed by atoms with Crippen LogP contribution in [0.2, 0.25) is 0 Å². The highest BCUT2D eigenvalue weighted by Gasteiger charge is 2.09. The predicted octanol–water partition coefficient (Wildman–Crippen LogP) is 3.56. The summed E-state index contributed by atoms with van der Waals surface area (Å²) in [5.41, 5.74) is 10.3. The van der Waals surface area contributed by atoms with E-state index in [1.807, 2.05) is 44.3 Å². The van der Waals surface area contributed by atoms with Gasteiger partial charge in [0.15, 0.2) is 0 Å². The number of nitrogens with zero attached hydrogens (tertiary/aromatic N) is 2. The van der Waals surface area contributed by atoms with Gasteiger partial charge in [0.05, 0.1) is 6.20 Å². The molecule has 0 saturated carbocycles. The van der Waals surface area contributed by atoms with Gasteiger partial charge in [0.2, 0.25) is 0 Å². The number of nitrogens with two attached hydrogens (primary N) is 1. The van der Waals surface area contributed by atoms with Crippen molar-refractivity contribution < 1.29 is 4.74 Å². The van der Waals surface area contributed by atoms with Crippen LogP contribution in [-0.2, 0) is 13.7 Å². The molecule has 0 aliphatic rings. The number of benzene rings is 2. The lowest BCUT2D eigenvalue weighted by molar-refractivity contribution is 0.304. The number of nitrogen functional groups attached to an aromatic ring is 1. The van der Waals surface area contributed by atoms with Crippen LogP contribution in [0.1, 0.15) is 11.1 Å². The molecule has 0 fully saturated rings. The molecular weight excluding hydrogens is 274 g/mol. The van der Waals surface area contributed by atoms with Crippen molar-refractivity contribution in [2.75, 3.05) is 5.73 Å². The number of aryl methyl sites for hydroxylation is 2. The fourth-order valence-corrected chi connectivity index (χ4v) is 2.38. The maximum atomic E-state index is 6.03. The van der Waals surface area contributed by atoms with Gasteiger partial charge in [-0.1, -0.05) is 36.4 Å². The Labute approximate surface area is 130 Å². The zero-order valence-corrected chi connectivity index (χ0v) is 12.8. The second kappa shape index (κ2) is 5.93. The van der Waals surface area contributed by atoms with Crippen LogP contribution in [0.4, 0.5) is 5.82 Å². The number of rotatable bonds is 4. The molecule has 0 atom stereocenters. The van der Waals surface area contributed by atoms with E-state index >= 15 is 0 Å². The van der Waals surface area contributed by atoms with Crippen molar-refractivity contribution >= 4 is 5.82 Å². The molecule has 0 unspecified atom stereocenters. The monoisotopic (exact) mass is 293 g/mol. The van der Waals surface area contributed by atoms with E-state index in [1.165, 1.54) is 0 Å². The Kier molecular flexibility index (Phi) is 3.83. The molecule has 2 aromatic carbocycles. The fourth-order valence-electron chi connectivity index (χ4n) is 2.38. The molecule has 0 amide bonds. The van der Waals surface area contributed by atoms with E-state index in [4.69, 9.17) is 10.5 Å². The third-order valence-corrected chi connectivity index (χ3v) is 3.71. The molecule has 22 heavy (non-hydrogen) atoms. The molecule has 2 N–H and O–H groups in total. The number of ether oxygens (including phenoxy) is 1. The van der Waals surface area contributed by atoms with E-state index in [2.05, 4.69) is 23.3 Å². The van der Waals surface area contributed by atoms with Crippen molar-refractivity contribution in [1.29, 1.82) is 0 Å². The van der Waals surface area contributed by atoms with E-state index in [1.54, 1.807) is 10.9 Å². The molecule has 3 rings (SSSR count). The largest absolute Gasteiger partial charge is 0.489 e. The van der Waals surface area contributed by atoms with Crippen LogP contribution < -0.4 is 10.5 Å². The Hall–Kier alpha value is -2.75. The van der Waals surface area contributed by atoms with Gasteiger partial charge in [-0.25, -0.2) is 0 Å². The van der Waals surface area contributed by atoms with Gasteiger partial charge in [0, 0.05) is 12.6 Å². The van der Waals surface area contributed by atoms with Gasteiger partial charge >= 0.3 is 0 Å². The van der Waals surface area contributed by atoms with Crippen molar-refractivity contribution in [2.24, 2.45) is 7.05 Å². The fraction of sp³-hybridized carbons (Fsp3) is 0.167. The van der Waals surface area contributed by atoms with E-state index in [0.29, 0.717) is 12.4 Å². The van der Waals surface area contributed by atoms with Crippen molar-refractivity contribution in [3.8, 4) is 16.9 Å².